The molecule has 3 aromatic rings. The van der Waals surface area contributed by atoms with Gasteiger partial charge >= 0.3 is 6.18 Å². The zero-order chi connectivity index (χ0) is 23.1. The SMILES string of the molecule is CC(C)c1c(NS(=O)(=O)c2ccc(Cl)c(C(F)(F)F)c2)c(=O)n(-c2ccccc2)n1C. The number of benzene rings is 2. The van der Waals surface area contributed by atoms with E-state index in [4.69, 9.17) is 11.6 Å². The molecule has 0 radical (unpaired) electrons. The first kappa shape index (κ1) is 23.0. The Morgan fingerprint density at radius 3 is 2.23 bits per heavy atom. The summed E-state index contributed by atoms with van der Waals surface area (Å²) in [6.45, 7) is 3.54. The third-order valence-electron chi connectivity index (χ3n) is 4.65. The number of anilines is 1. The fourth-order valence-corrected chi connectivity index (χ4v) is 4.64. The maximum atomic E-state index is 13.2. The fraction of sp³-hybridized carbons (Fsp3) is 0.250. The molecule has 0 bridgehead atoms. The van der Waals surface area contributed by atoms with Crippen LogP contribution in [0.3, 0.4) is 0 Å². The number of hydrogen-bond acceptors (Lipinski definition) is 3. The predicted molar refractivity (Wildman–Crippen MR) is 112 cm³/mol. The maximum Gasteiger partial charge on any atom is 0.417 e. The minimum Gasteiger partial charge on any atom is -0.283 e. The molecule has 0 unspecified atom stereocenters. The molecule has 0 saturated heterocycles. The van der Waals surface area contributed by atoms with Crippen LogP contribution < -0.4 is 10.3 Å². The number of halogens is 4. The van der Waals surface area contributed by atoms with Crippen molar-refractivity contribution in [2.75, 3.05) is 4.72 Å². The Labute approximate surface area is 181 Å². The van der Waals surface area contributed by atoms with Gasteiger partial charge in [0.05, 0.1) is 26.9 Å². The second-order valence-corrected chi connectivity index (χ2v) is 9.23. The van der Waals surface area contributed by atoms with Crippen molar-refractivity contribution in [3.05, 3.63) is 75.2 Å². The number of alkyl halides is 3. The van der Waals surface area contributed by atoms with Crippen molar-refractivity contribution in [1.29, 1.82) is 0 Å². The van der Waals surface area contributed by atoms with Gasteiger partial charge < -0.3 is 0 Å². The van der Waals surface area contributed by atoms with E-state index in [1.54, 1.807) is 51.2 Å². The van der Waals surface area contributed by atoms with Gasteiger partial charge in [0, 0.05) is 7.05 Å². The highest BCUT2D eigenvalue weighted by Gasteiger charge is 2.35. The van der Waals surface area contributed by atoms with Gasteiger partial charge in [-0.15, -0.1) is 0 Å². The van der Waals surface area contributed by atoms with Crippen LogP contribution in [0.25, 0.3) is 5.69 Å². The van der Waals surface area contributed by atoms with Crippen molar-refractivity contribution in [3.8, 4) is 5.69 Å². The quantitative estimate of drug-likeness (QED) is 0.580. The number of sulfonamides is 1. The third kappa shape index (κ3) is 4.35. The number of hydrogen-bond donors (Lipinski definition) is 1. The monoisotopic (exact) mass is 473 g/mol. The van der Waals surface area contributed by atoms with Gasteiger partial charge in [-0.25, -0.2) is 13.1 Å². The third-order valence-corrected chi connectivity index (χ3v) is 6.33. The Morgan fingerprint density at radius 2 is 1.68 bits per heavy atom. The molecule has 11 heteroatoms. The molecule has 0 amide bonds. The van der Waals surface area contributed by atoms with Gasteiger partial charge in [0.1, 0.15) is 5.69 Å². The van der Waals surface area contributed by atoms with Gasteiger partial charge in [-0.3, -0.25) is 14.2 Å². The molecule has 1 heterocycles. The summed E-state index contributed by atoms with van der Waals surface area (Å²) in [5.41, 5.74) is -1.28. The second kappa shape index (κ2) is 8.08. The van der Waals surface area contributed by atoms with E-state index in [1.807, 2.05) is 0 Å². The first-order valence-electron chi connectivity index (χ1n) is 9.11. The number of para-hydroxylation sites is 1. The van der Waals surface area contributed by atoms with Crippen LogP contribution in [0, 0.1) is 0 Å². The van der Waals surface area contributed by atoms with E-state index >= 15 is 0 Å². The molecule has 0 saturated carbocycles. The van der Waals surface area contributed by atoms with E-state index < -0.39 is 37.2 Å². The van der Waals surface area contributed by atoms with Crippen LogP contribution in [0.5, 0.6) is 0 Å². The molecular formula is C20H19ClF3N3O3S. The van der Waals surface area contributed by atoms with Gasteiger partial charge in [-0.2, -0.15) is 13.2 Å². The molecular weight excluding hydrogens is 455 g/mol. The largest absolute Gasteiger partial charge is 0.417 e. The first-order valence-corrected chi connectivity index (χ1v) is 11.0. The normalized spacial score (nSPS) is 12.4. The highest BCUT2D eigenvalue weighted by Crippen LogP contribution is 2.36. The topological polar surface area (TPSA) is 73.1 Å². The Balaban J connectivity index is 2.16. The molecule has 0 aliphatic carbocycles. The average Bonchev–Trinajstić information content (AvgIpc) is 2.91. The maximum absolute atomic E-state index is 13.2. The second-order valence-electron chi connectivity index (χ2n) is 7.14. The lowest BCUT2D eigenvalue weighted by atomic mass is 10.1. The summed E-state index contributed by atoms with van der Waals surface area (Å²) in [4.78, 5) is 12.5. The van der Waals surface area contributed by atoms with E-state index in [9.17, 15) is 26.4 Å². The molecule has 0 aliphatic rings. The zero-order valence-electron chi connectivity index (χ0n) is 16.7. The van der Waals surface area contributed by atoms with Crippen LogP contribution in [0.15, 0.2) is 58.2 Å². The molecule has 0 aliphatic heterocycles. The summed E-state index contributed by atoms with van der Waals surface area (Å²) < 4.78 is 70.3. The summed E-state index contributed by atoms with van der Waals surface area (Å²) in [5, 5.41) is -0.625. The lowest BCUT2D eigenvalue weighted by Gasteiger charge is -2.14. The van der Waals surface area contributed by atoms with Crippen LogP contribution >= 0.6 is 11.6 Å². The Bertz CT molecular complexity index is 1280. The molecule has 3 rings (SSSR count). The van der Waals surface area contributed by atoms with E-state index in [0.29, 0.717) is 17.4 Å². The van der Waals surface area contributed by atoms with E-state index in [0.717, 1.165) is 12.1 Å². The molecule has 166 valence electrons. The lowest BCUT2D eigenvalue weighted by Crippen LogP contribution is -2.23. The minimum absolute atomic E-state index is 0.232. The zero-order valence-corrected chi connectivity index (χ0v) is 18.3. The highest BCUT2D eigenvalue weighted by molar-refractivity contribution is 7.92. The summed E-state index contributed by atoms with van der Waals surface area (Å²) in [5.74, 6) is -0.267. The summed E-state index contributed by atoms with van der Waals surface area (Å²) in [6, 6.07) is 10.8. The van der Waals surface area contributed by atoms with E-state index in [2.05, 4.69) is 4.72 Å². The van der Waals surface area contributed by atoms with Crippen molar-refractivity contribution in [3.63, 3.8) is 0 Å². The fourth-order valence-electron chi connectivity index (χ4n) is 3.32. The molecule has 1 aromatic heterocycles. The molecule has 1 N–H and O–H groups in total. The molecule has 31 heavy (non-hydrogen) atoms. The van der Waals surface area contributed by atoms with Crippen LogP contribution in [-0.4, -0.2) is 17.8 Å². The summed E-state index contributed by atoms with van der Waals surface area (Å²) in [6.07, 6.45) is -4.83. The summed E-state index contributed by atoms with van der Waals surface area (Å²) >= 11 is 5.58. The van der Waals surface area contributed by atoms with Crippen molar-refractivity contribution in [1.82, 2.24) is 9.36 Å². The van der Waals surface area contributed by atoms with Crippen molar-refractivity contribution < 1.29 is 21.6 Å². The average molecular weight is 474 g/mol. The van der Waals surface area contributed by atoms with Crippen LogP contribution in [-0.2, 0) is 23.2 Å². The van der Waals surface area contributed by atoms with Crippen LogP contribution in [0.1, 0.15) is 31.0 Å². The Kier molecular flexibility index (Phi) is 5.98. The smallest absolute Gasteiger partial charge is 0.283 e. The lowest BCUT2D eigenvalue weighted by molar-refractivity contribution is -0.137. The van der Waals surface area contributed by atoms with Crippen LogP contribution in [0.4, 0.5) is 18.9 Å². The van der Waals surface area contributed by atoms with Gasteiger partial charge in [-0.1, -0.05) is 43.6 Å². The summed E-state index contributed by atoms with van der Waals surface area (Å²) in [7, 11) is -2.91. The van der Waals surface area contributed by atoms with Gasteiger partial charge in [0.2, 0.25) is 0 Å². The van der Waals surface area contributed by atoms with E-state index in [1.165, 1.54) is 9.36 Å². The molecule has 0 fully saturated rings. The molecule has 0 spiro atoms. The number of nitrogens with zero attached hydrogens (tertiary/aromatic N) is 2. The number of aromatic nitrogens is 2. The van der Waals surface area contributed by atoms with Crippen molar-refractivity contribution in [2.45, 2.75) is 30.8 Å². The molecule has 2 aromatic carbocycles. The van der Waals surface area contributed by atoms with E-state index in [-0.39, 0.29) is 11.6 Å². The standard InChI is InChI=1S/C20H19ClF3N3O3S/c1-12(2)18-17(19(28)27(26(18)3)13-7-5-4-6-8-13)25-31(29,30)14-9-10-16(21)15(11-14)20(22,23)24/h4-12,25H,1-3H3. The molecule has 0 atom stereocenters. The predicted octanol–water partition coefficient (Wildman–Crippen LogP) is 4.77. The molecule has 6 nitrogen and oxygen atoms in total. The van der Waals surface area contributed by atoms with Gasteiger partial charge in [0.15, 0.2) is 0 Å². The number of nitrogens with one attached hydrogen (secondary N) is 1. The minimum atomic E-state index is -4.83. The Hall–Kier alpha value is -2.72. The van der Waals surface area contributed by atoms with Crippen molar-refractivity contribution >= 4 is 27.3 Å². The van der Waals surface area contributed by atoms with Crippen LogP contribution in [0.2, 0.25) is 5.02 Å². The van der Waals surface area contributed by atoms with Gasteiger partial charge in [0.25, 0.3) is 15.6 Å². The number of rotatable bonds is 5. The Morgan fingerprint density at radius 1 is 1.06 bits per heavy atom. The first-order chi connectivity index (χ1) is 14.3. The highest BCUT2D eigenvalue weighted by atomic mass is 35.5. The van der Waals surface area contributed by atoms with Crippen molar-refractivity contribution in [2.24, 2.45) is 7.05 Å². The van der Waals surface area contributed by atoms with Gasteiger partial charge in [-0.05, 0) is 36.2 Å².